The smallest absolute Gasteiger partial charge is 0.340 e. The van der Waals surface area contributed by atoms with Gasteiger partial charge in [-0.3, -0.25) is 0 Å². The molecule has 0 radical (unpaired) electrons. The van der Waals surface area contributed by atoms with Crippen molar-refractivity contribution in [3.63, 3.8) is 0 Å². The van der Waals surface area contributed by atoms with Crippen LogP contribution in [0.3, 0.4) is 0 Å². The van der Waals surface area contributed by atoms with E-state index in [-0.39, 0.29) is 21.6 Å². The third kappa shape index (κ3) is 4.68. The van der Waals surface area contributed by atoms with Gasteiger partial charge in [0.1, 0.15) is 9.79 Å². The van der Waals surface area contributed by atoms with Crippen molar-refractivity contribution in [3.05, 3.63) is 77.9 Å². The predicted molar refractivity (Wildman–Crippen MR) is 102 cm³/mol. The summed E-state index contributed by atoms with van der Waals surface area (Å²) in [5, 5.41) is 0. The number of pyridine rings is 1. The fourth-order valence-electron chi connectivity index (χ4n) is 2.22. The van der Waals surface area contributed by atoms with E-state index in [2.05, 4.69) is 4.98 Å². The van der Waals surface area contributed by atoms with Gasteiger partial charge in [-0.2, -0.15) is 21.8 Å². The number of hydrogen-bond acceptors (Lipinski definition) is 7. The van der Waals surface area contributed by atoms with Crippen molar-refractivity contribution in [2.24, 2.45) is 0 Å². The zero-order valence-corrected chi connectivity index (χ0v) is 16.7. The van der Waals surface area contributed by atoms with Gasteiger partial charge in [-0.05, 0) is 38.1 Å². The van der Waals surface area contributed by atoms with Crippen molar-refractivity contribution in [1.82, 2.24) is 4.98 Å². The van der Waals surface area contributed by atoms with Gasteiger partial charge in [-0.25, -0.2) is 0 Å². The van der Waals surface area contributed by atoms with Crippen LogP contribution in [0, 0.1) is 13.8 Å². The third-order valence-electron chi connectivity index (χ3n) is 3.71. The van der Waals surface area contributed by atoms with Crippen molar-refractivity contribution >= 4 is 20.2 Å². The van der Waals surface area contributed by atoms with Crippen molar-refractivity contribution in [3.8, 4) is 11.8 Å². The van der Waals surface area contributed by atoms with Gasteiger partial charge in [0, 0.05) is 12.1 Å². The lowest BCUT2D eigenvalue weighted by Gasteiger charge is -2.09. The number of aryl methyl sites for hydroxylation is 2. The Kier molecular flexibility index (Phi) is 5.39. The van der Waals surface area contributed by atoms with Gasteiger partial charge in [-0.15, -0.1) is 0 Å². The summed E-state index contributed by atoms with van der Waals surface area (Å²) in [5.74, 6) is -0.616. The number of aromatic nitrogens is 1. The van der Waals surface area contributed by atoms with Crippen LogP contribution in [0.25, 0.3) is 0 Å². The van der Waals surface area contributed by atoms with Crippen LogP contribution in [0.4, 0.5) is 0 Å². The van der Waals surface area contributed by atoms with Crippen LogP contribution in [0.5, 0.6) is 11.8 Å². The van der Waals surface area contributed by atoms with Gasteiger partial charge < -0.3 is 8.37 Å². The van der Waals surface area contributed by atoms with E-state index >= 15 is 0 Å². The van der Waals surface area contributed by atoms with Gasteiger partial charge in [0.05, 0.1) is 0 Å². The Bertz CT molecular complexity index is 1090. The van der Waals surface area contributed by atoms with Crippen molar-refractivity contribution in [2.45, 2.75) is 23.6 Å². The lowest BCUT2D eigenvalue weighted by molar-refractivity contribution is 0.456. The molecule has 0 amide bonds. The first-order valence-electron chi connectivity index (χ1n) is 8.15. The molecule has 0 saturated carbocycles. The summed E-state index contributed by atoms with van der Waals surface area (Å²) in [7, 11) is -8.23. The first-order chi connectivity index (χ1) is 13.2. The van der Waals surface area contributed by atoms with Crippen LogP contribution in [0.15, 0.2) is 76.5 Å². The molecule has 0 aliphatic heterocycles. The average Bonchev–Trinajstić information content (AvgIpc) is 2.62. The maximum atomic E-state index is 12.3. The highest BCUT2D eigenvalue weighted by Crippen LogP contribution is 2.22. The van der Waals surface area contributed by atoms with E-state index in [4.69, 9.17) is 8.37 Å². The molecule has 7 nitrogen and oxygen atoms in total. The first kappa shape index (κ1) is 19.8. The van der Waals surface area contributed by atoms with E-state index in [1.54, 1.807) is 24.3 Å². The molecule has 0 fully saturated rings. The highest BCUT2D eigenvalue weighted by molar-refractivity contribution is 7.87. The number of rotatable bonds is 6. The maximum absolute atomic E-state index is 12.3. The monoisotopic (exact) mass is 419 g/mol. The molecular formula is C19H17NO6S2. The standard InChI is InChI=1S/C19H17NO6S2/c1-14-6-10-16(11-7-14)27(21,22)25-18-4-3-5-19(20-18)26-28(23,24)17-12-8-15(2)9-13-17/h3-13H,1-2H3. The summed E-state index contributed by atoms with van der Waals surface area (Å²) < 4.78 is 59.3. The molecule has 0 aliphatic rings. The fourth-order valence-corrected chi connectivity index (χ4v) is 3.99. The first-order valence-corrected chi connectivity index (χ1v) is 11.0. The van der Waals surface area contributed by atoms with E-state index in [0.717, 1.165) is 11.1 Å². The molecule has 0 N–H and O–H groups in total. The summed E-state index contributed by atoms with van der Waals surface area (Å²) in [6, 6.07) is 16.1. The van der Waals surface area contributed by atoms with Gasteiger partial charge in [0.25, 0.3) is 0 Å². The molecule has 3 aromatic rings. The highest BCUT2D eigenvalue weighted by atomic mass is 32.2. The molecule has 0 aliphatic carbocycles. The van der Waals surface area contributed by atoms with Crippen molar-refractivity contribution in [2.75, 3.05) is 0 Å². The summed E-state index contributed by atoms with van der Waals surface area (Å²) in [6.07, 6.45) is 0. The molecule has 3 rings (SSSR count). The molecule has 0 atom stereocenters. The molecule has 0 unspecified atom stereocenters. The number of benzene rings is 2. The third-order valence-corrected chi connectivity index (χ3v) is 6.19. The van der Waals surface area contributed by atoms with E-state index in [1.165, 1.54) is 42.5 Å². The molecular weight excluding hydrogens is 402 g/mol. The molecule has 0 bridgehead atoms. The van der Waals surface area contributed by atoms with E-state index < -0.39 is 20.2 Å². The zero-order chi connectivity index (χ0) is 20.4. The lowest BCUT2D eigenvalue weighted by atomic mass is 10.2. The summed E-state index contributed by atoms with van der Waals surface area (Å²) in [6.45, 7) is 3.65. The molecule has 9 heteroatoms. The molecule has 28 heavy (non-hydrogen) atoms. The quantitative estimate of drug-likeness (QED) is 0.566. The minimum atomic E-state index is -4.11. The Labute approximate surface area is 163 Å². The van der Waals surface area contributed by atoms with Crippen molar-refractivity contribution in [1.29, 1.82) is 0 Å². The maximum Gasteiger partial charge on any atom is 0.340 e. The minimum Gasteiger partial charge on any atom is -0.358 e. The predicted octanol–water partition coefficient (Wildman–Crippen LogP) is 3.23. The summed E-state index contributed by atoms with van der Waals surface area (Å²) >= 11 is 0. The second-order valence-electron chi connectivity index (χ2n) is 6.02. The SMILES string of the molecule is Cc1ccc(S(=O)(=O)Oc2cccc(OS(=O)(=O)c3ccc(C)cc3)n2)cc1. The van der Waals surface area contributed by atoms with Crippen molar-refractivity contribution < 1.29 is 25.2 Å². The Morgan fingerprint density at radius 2 is 0.964 bits per heavy atom. The van der Waals surface area contributed by atoms with E-state index in [0.29, 0.717) is 0 Å². The number of hydrogen-bond donors (Lipinski definition) is 0. The van der Waals surface area contributed by atoms with Crippen LogP contribution in [-0.4, -0.2) is 21.8 Å². The molecule has 1 heterocycles. The number of nitrogens with zero attached hydrogens (tertiary/aromatic N) is 1. The topological polar surface area (TPSA) is 99.6 Å². The van der Waals surface area contributed by atoms with E-state index in [1.807, 2.05) is 13.8 Å². The second kappa shape index (κ2) is 7.61. The highest BCUT2D eigenvalue weighted by Gasteiger charge is 2.20. The van der Waals surface area contributed by atoms with Crippen LogP contribution in [0.2, 0.25) is 0 Å². The molecule has 0 saturated heterocycles. The van der Waals surface area contributed by atoms with Crippen LogP contribution in [-0.2, 0) is 20.2 Å². The largest absolute Gasteiger partial charge is 0.358 e. The second-order valence-corrected chi connectivity index (χ2v) is 9.11. The van der Waals surface area contributed by atoms with Crippen LogP contribution >= 0.6 is 0 Å². The van der Waals surface area contributed by atoms with Gasteiger partial charge in [0.2, 0.25) is 11.8 Å². The lowest BCUT2D eigenvalue weighted by Crippen LogP contribution is -2.13. The molecule has 1 aromatic heterocycles. The summed E-state index contributed by atoms with van der Waals surface area (Å²) in [5.41, 5.74) is 1.79. The molecule has 2 aromatic carbocycles. The Morgan fingerprint density at radius 1 is 0.607 bits per heavy atom. The zero-order valence-electron chi connectivity index (χ0n) is 15.1. The van der Waals surface area contributed by atoms with E-state index in [9.17, 15) is 16.8 Å². The Morgan fingerprint density at radius 3 is 1.32 bits per heavy atom. The average molecular weight is 419 g/mol. The minimum absolute atomic E-state index is 0.0431. The van der Waals surface area contributed by atoms with Gasteiger partial charge >= 0.3 is 20.2 Å². The molecule has 146 valence electrons. The van der Waals surface area contributed by atoms with Gasteiger partial charge in [-0.1, -0.05) is 41.5 Å². The summed E-state index contributed by atoms with van der Waals surface area (Å²) in [4.78, 5) is 3.74. The molecule has 0 spiro atoms. The normalized spacial score (nSPS) is 11.8. The Balaban J connectivity index is 1.82. The van der Waals surface area contributed by atoms with Crippen LogP contribution < -0.4 is 8.37 Å². The van der Waals surface area contributed by atoms with Crippen LogP contribution in [0.1, 0.15) is 11.1 Å². The Hall–Kier alpha value is -2.91. The fraction of sp³-hybridized carbons (Fsp3) is 0.105. The van der Waals surface area contributed by atoms with Gasteiger partial charge in [0.15, 0.2) is 0 Å².